The number of amides is 1. The maximum Gasteiger partial charge on any atom is 0.231 e. The third kappa shape index (κ3) is 4.84. The van der Waals surface area contributed by atoms with Crippen molar-refractivity contribution in [2.24, 2.45) is 16.0 Å². The van der Waals surface area contributed by atoms with Crippen LogP contribution in [-0.4, -0.2) is 23.4 Å². The van der Waals surface area contributed by atoms with E-state index in [-0.39, 0.29) is 24.4 Å². The minimum atomic E-state index is -0.748. The van der Waals surface area contributed by atoms with E-state index < -0.39 is 5.41 Å². The summed E-state index contributed by atoms with van der Waals surface area (Å²) in [6, 6.07) is 0.266. The molecule has 0 heterocycles. The van der Waals surface area contributed by atoms with Gasteiger partial charge in [0, 0.05) is 6.04 Å². The fraction of sp³-hybridized carbons (Fsp3) is 0.846. The Morgan fingerprint density at radius 1 is 1.39 bits per heavy atom. The number of halogens is 1. The van der Waals surface area contributed by atoms with Gasteiger partial charge in [-0.05, 0) is 44.9 Å². The third-order valence-corrected chi connectivity index (χ3v) is 3.64. The number of nitrogens with one attached hydrogen (secondary N) is 1. The van der Waals surface area contributed by atoms with Crippen LogP contribution in [-0.2, 0) is 4.79 Å². The Labute approximate surface area is 116 Å². The molecule has 0 atom stereocenters. The van der Waals surface area contributed by atoms with Gasteiger partial charge in [0.25, 0.3) is 0 Å². The SMILES string of the molecule is CC1(C)CCC(NC(=O)C(C)(C)C=NO)CC1.Cl. The van der Waals surface area contributed by atoms with Crippen LogP contribution in [0.1, 0.15) is 53.4 Å². The molecule has 2 N–H and O–H groups in total. The van der Waals surface area contributed by atoms with E-state index in [1.165, 1.54) is 6.21 Å². The second-order valence-corrected chi connectivity index (χ2v) is 6.38. The first-order chi connectivity index (χ1) is 7.77. The van der Waals surface area contributed by atoms with Crippen LogP contribution in [0.4, 0.5) is 0 Å². The van der Waals surface area contributed by atoms with Crippen LogP contribution in [0.2, 0.25) is 0 Å². The Morgan fingerprint density at radius 2 is 1.89 bits per heavy atom. The molecule has 1 aliphatic carbocycles. The molecule has 0 aromatic rings. The quantitative estimate of drug-likeness (QED) is 0.473. The zero-order chi connectivity index (χ0) is 13.1. The van der Waals surface area contributed by atoms with Crippen molar-refractivity contribution in [3.63, 3.8) is 0 Å². The second-order valence-electron chi connectivity index (χ2n) is 6.38. The predicted octanol–water partition coefficient (Wildman–Crippen LogP) is 2.98. The molecule has 0 spiro atoms. The first-order valence-corrected chi connectivity index (χ1v) is 6.26. The van der Waals surface area contributed by atoms with Gasteiger partial charge in [-0.1, -0.05) is 13.8 Å². The molecule has 1 amide bonds. The number of oxime groups is 1. The molecule has 1 rings (SSSR count). The summed E-state index contributed by atoms with van der Waals surface area (Å²) in [5.41, 5.74) is -0.342. The van der Waals surface area contributed by atoms with Gasteiger partial charge in [0.1, 0.15) is 0 Å². The number of carbonyl (C=O) groups excluding carboxylic acids is 1. The van der Waals surface area contributed by atoms with E-state index in [1.54, 1.807) is 13.8 Å². The van der Waals surface area contributed by atoms with Crippen molar-refractivity contribution in [3.05, 3.63) is 0 Å². The van der Waals surface area contributed by atoms with Crippen LogP contribution in [0, 0.1) is 10.8 Å². The smallest absolute Gasteiger partial charge is 0.231 e. The highest BCUT2D eigenvalue weighted by Gasteiger charge is 2.31. The molecule has 0 aliphatic heterocycles. The van der Waals surface area contributed by atoms with Gasteiger partial charge < -0.3 is 10.5 Å². The Kier molecular flexibility index (Phi) is 6.14. The molecule has 0 radical (unpaired) electrons. The summed E-state index contributed by atoms with van der Waals surface area (Å²) in [4.78, 5) is 12.0. The highest BCUT2D eigenvalue weighted by molar-refractivity contribution is 5.97. The van der Waals surface area contributed by atoms with Crippen LogP contribution in [0.25, 0.3) is 0 Å². The maximum atomic E-state index is 12.0. The number of hydrogen-bond acceptors (Lipinski definition) is 3. The van der Waals surface area contributed by atoms with Gasteiger partial charge >= 0.3 is 0 Å². The van der Waals surface area contributed by atoms with Gasteiger partial charge in [-0.3, -0.25) is 4.79 Å². The van der Waals surface area contributed by atoms with Crippen LogP contribution in [0.3, 0.4) is 0 Å². The minimum Gasteiger partial charge on any atom is -0.411 e. The summed E-state index contributed by atoms with van der Waals surface area (Å²) in [6.45, 7) is 8.03. The lowest BCUT2D eigenvalue weighted by atomic mass is 9.75. The highest BCUT2D eigenvalue weighted by atomic mass is 35.5. The van der Waals surface area contributed by atoms with E-state index in [9.17, 15) is 4.79 Å². The predicted molar refractivity (Wildman–Crippen MR) is 75.5 cm³/mol. The standard InChI is InChI=1S/C13H24N2O2.ClH/c1-12(2)7-5-10(6-8-12)15-11(16)13(3,4)9-14-17;/h9-10,17H,5-8H2,1-4H3,(H,15,16);1H. The number of nitrogens with zero attached hydrogens (tertiary/aromatic N) is 1. The largest absolute Gasteiger partial charge is 0.411 e. The van der Waals surface area contributed by atoms with Gasteiger partial charge in [-0.15, -0.1) is 17.6 Å². The summed E-state index contributed by atoms with van der Waals surface area (Å²) >= 11 is 0. The van der Waals surface area contributed by atoms with Crippen molar-refractivity contribution in [2.75, 3.05) is 0 Å². The first kappa shape index (κ1) is 17.2. The van der Waals surface area contributed by atoms with Gasteiger partial charge in [0.2, 0.25) is 5.91 Å². The fourth-order valence-corrected chi connectivity index (χ4v) is 2.12. The van der Waals surface area contributed by atoms with E-state index in [0.717, 1.165) is 25.7 Å². The zero-order valence-electron chi connectivity index (χ0n) is 11.7. The average molecular weight is 277 g/mol. The maximum absolute atomic E-state index is 12.0. The van der Waals surface area contributed by atoms with Crippen molar-refractivity contribution < 1.29 is 10.0 Å². The van der Waals surface area contributed by atoms with Gasteiger partial charge in [-0.2, -0.15) is 0 Å². The van der Waals surface area contributed by atoms with Gasteiger partial charge in [0.05, 0.1) is 11.6 Å². The summed E-state index contributed by atoms with van der Waals surface area (Å²) in [7, 11) is 0. The van der Waals surface area contributed by atoms with Crippen molar-refractivity contribution in [2.45, 2.75) is 59.4 Å². The van der Waals surface area contributed by atoms with Crippen molar-refractivity contribution in [1.82, 2.24) is 5.32 Å². The summed E-state index contributed by atoms with van der Waals surface area (Å²) in [5.74, 6) is -0.0694. The molecule has 0 saturated heterocycles. The van der Waals surface area contributed by atoms with E-state index in [1.807, 2.05) is 0 Å². The van der Waals surface area contributed by atoms with E-state index >= 15 is 0 Å². The molecule has 0 unspecified atom stereocenters. The average Bonchev–Trinajstić information content (AvgIpc) is 2.21. The summed E-state index contributed by atoms with van der Waals surface area (Å²) in [5, 5.41) is 14.5. The Morgan fingerprint density at radius 3 is 2.33 bits per heavy atom. The lowest BCUT2D eigenvalue weighted by Crippen LogP contribution is -2.45. The molecular weight excluding hydrogens is 252 g/mol. The van der Waals surface area contributed by atoms with Crippen molar-refractivity contribution in [3.8, 4) is 0 Å². The number of hydrogen-bond donors (Lipinski definition) is 2. The van der Waals surface area contributed by atoms with E-state index in [4.69, 9.17) is 5.21 Å². The van der Waals surface area contributed by atoms with Crippen molar-refractivity contribution in [1.29, 1.82) is 0 Å². The molecule has 1 saturated carbocycles. The molecule has 0 bridgehead atoms. The Bertz CT molecular complexity index is 304. The molecule has 18 heavy (non-hydrogen) atoms. The molecule has 5 heteroatoms. The number of rotatable bonds is 3. The third-order valence-electron chi connectivity index (χ3n) is 3.64. The lowest BCUT2D eigenvalue weighted by molar-refractivity contribution is -0.127. The lowest BCUT2D eigenvalue weighted by Gasteiger charge is -2.35. The van der Waals surface area contributed by atoms with Gasteiger partial charge in [-0.25, -0.2) is 0 Å². The van der Waals surface area contributed by atoms with E-state index in [2.05, 4.69) is 24.3 Å². The van der Waals surface area contributed by atoms with Crippen LogP contribution >= 0.6 is 12.4 Å². The Balaban J connectivity index is 0.00000289. The number of carbonyl (C=O) groups is 1. The zero-order valence-corrected chi connectivity index (χ0v) is 12.5. The van der Waals surface area contributed by atoms with Crippen LogP contribution in [0.15, 0.2) is 5.16 Å². The molecular formula is C13H25ClN2O2. The van der Waals surface area contributed by atoms with Crippen LogP contribution < -0.4 is 5.32 Å². The molecule has 106 valence electrons. The van der Waals surface area contributed by atoms with Crippen molar-refractivity contribution >= 4 is 24.5 Å². The fourth-order valence-electron chi connectivity index (χ4n) is 2.12. The molecule has 1 fully saturated rings. The molecule has 4 nitrogen and oxygen atoms in total. The highest BCUT2D eigenvalue weighted by Crippen LogP contribution is 2.35. The Hall–Kier alpha value is -0.770. The molecule has 1 aliphatic rings. The summed E-state index contributed by atoms with van der Waals surface area (Å²) < 4.78 is 0. The molecule has 0 aromatic carbocycles. The normalized spacial score (nSPS) is 20.4. The molecule has 0 aromatic heterocycles. The van der Waals surface area contributed by atoms with E-state index in [0.29, 0.717) is 5.41 Å². The minimum absolute atomic E-state index is 0. The monoisotopic (exact) mass is 276 g/mol. The van der Waals surface area contributed by atoms with Gasteiger partial charge in [0.15, 0.2) is 0 Å². The first-order valence-electron chi connectivity index (χ1n) is 6.26. The van der Waals surface area contributed by atoms with Crippen LogP contribution in [0.5, 0.6) is 0 Å². The topological polar surface area (TPSA) is 61.7 Å². The second kappa shape index (κ2) is 6.41. The summed E-state index contributed by atoms with van der Waals surface area (Å²) in [6.07, 6.45) is 5.63.